The maximum Gasteiger partial charge on any atom is 0.251 e. The van der Waals surface area contributed by atoms with E-state index in [9.17, 15) is 14.0 Å². The molecule has 1 aliphatic rings. The molecule has 7 heteroatoms. The van der Waals surface area contributed by atoms with Crippen LogP contribution < -0.4 is 11.1 Å². The Morgan fingerprint density at radius 3 is 2.50 bits per heavy atom. The molecule has 2 amide bonds. The van der Waals surface area contributed by atoms with Crippen LogP contribution in [0.5, 0.6) is 0 Å². The summed E-state index contributed by atoms with van der Waals surface area (Å²) >= 11 is 0. The average Bonchev–Trinajstić information content (AvgIpc) is 2.76. The highest BCUT2D eigenvalue weighted by atomic mass is 19.1. The Balaban J connectivity index is 1.79. The minimum Gasteiger partial charge on any atom is -0.369 e. The van der Waals surface area contributed by atoms with Crippen LogP contribution in [0.15, 0.2) is 53.5 Å². The predicted octanol–water partition coefficient (Wildman–Crippen LogP) is 4.17. The van der Waals surface area contributed by atoms with Crippen molar-refractivity contribution < 1.29 is 14.0 Å². The lowest BCUT2D eigenvalue weighted by Crippen LogP contribution is -2.52. The van der Waals surface area contributed by atoms with E-state index in [-0.39, 0.29) is 42.4 Å². The van der Waals surface area contributed by atoms with Crippen LogP contribution in [-0.2, 0) is 11.3 Å². The summed E-state index contributed by atoms with van der Waals surface area (Å²) in [7, 11) is 0. The number of nitrogens with two attached hydrogens (primary N) is 1. The fourth-order valence-electron chi connectivity index (χ4n) is 4.09. The molecule has 0 saturated heterocycles. The molecule has 2 atom stereocenters. The molecule has 32 heavy (non-hydrogen) atoms. The molecule has 6 nitrogen and oxygen atoms in total. The quantitative estimate of drug-likeness (QED) is 0.680. The summed E-state index contributed by atoms with van der Waals surface area (Å²) in [6.07, 6.45) is 0.952. The molecule has 0 saturated carbocycles. The number of nitrogens with one attached hydrogen (secondary N) is 1. The standard InChI is InChI=1S/C25H31FN4O2/c1-5-25(16(2)3)14-22(31)30(24(27)29-25)15-18-11-20(13-21(26)12-18)23(32)28-17(4)19-9-7-6-8-10-19/h6-13,16-17H,5,14-15H2,1-4H3,(H2,27,29)(H,28,32)/t17-,25-/m0/s1. The van der Waals surface area contributed by atoms with Gasteiger partial charge in [-0.1, -0.05) is 51.1 Å². The van der Waals surface area contributed by atoms with Crippen LogP contribution in [0.1, 0.15) is 68.1 Å². The SMILES string of the molecule is CC[C@@]1(C(C)C)CC(=O)N(Cc2cc(F)cc(C(=O)N[C@@H](C)c3ccccc3)c2)C(N)=N1. The van der Waals surface area contributed by atoms with Gasteiger partial charge in [0.25, 0.3) is 5.91 Å². The first-order valence-corrected chi connectivity index (χ1v) is 11.0. The highest BCUT2D eigenvalue weighted by Gasteiger charge is 2.40. The highest BCUT2D eigenvalue weighted by molar-refractivity contribution is 5.99. The Morgan fingerprint density at radius 1 is 1.22 bits per heavy atom. The summed E-state index contributed by atoms with van der Waals surface area (Å²) in [4.78, 5) is 31.6. The second-order valence-electron chi connectivity index (χ2n) is 8.69. The molecule has 0 bridgehead atoms. The van der Waals surface area contributed by atoms with E-state index in [1.165, 1.54) is 17.0 Å². The van der Waals surface area contributed by atoms with Gasteiger partial charge in [0.1, 0.15) is 5.82 Å². The molecule has 2 aromatic rings. The van der Waals surface area contributed by atoms with Gasteiger partial charge in [0, 0.05) is 5.56 Å². The van der Waals surface area contributed by atoms with Gasteiger partial charge in [-0.3, -0.25) is 14.5 Å². The summed E-state index contributed by atoms with van der Waals surface area (Å²) in [5.41, 5.74) is 7.25. The Hall–Kier alpha value is -3.22. The number of halogens is 1. The van der Waals surface area contributed by atoms with Crippen molar-refractivity contribution in [2.45, 2.75) is 58.7 Å². The molecule has 0 radical (unpaired) electrons. The molecule has 0 fully saturated rings. The van der Waals surface area contributed by atoms with Crippen molar-refractivity contribution in [3.63, 3.8) is 0 Å². The Kier molecular flexibility index (Phi) is 6.96. The first-order chi connectivity index (χ1) is 15.1. The van der Waals surface area contributed by atoms with Gasteiger partial charge in [0.2, 0.25) is 5.91 Å². The third-order valence-electron chi connectivity index (χ3n) is 6.27. The van der Waals surface area contributed by atoms with E-state index < -0.39 is 17.3 Å². The first kappa shape index (κ1) is 23.4. The predicted molar refractivity (Wildman–Crippen MR) is 123 cm³/mol. The van der Waals surface area contributed by atoms with Crippen LogP contribution in [0, 0.1) is 11.7 Å². The molecule has 1 aliphatic heterocycles. The molecule has 170 valence electrons. The van der Waals surface area contributed by atoms with E-state index in [4.69, 9.17) is 5.73 Å². The molecule has 3 N–H and O–H groups in total. The van der Waals surface area contributed by atoms with Crippen LogP contribution in [-0.4, -0.2) is 28.2 Å². The van der Waals surface area contributed by atoms with Gasteiger partial charge in [-0.05, 0) is 48.6 Å². The maximum absolute atomic E-state index is 14.3. The van der Waals surface area contributed by atoms with Gasteiger partial charge in [-0.15, -0.1) is 0 Å². The van der Waals surface area contributed by atoms with E-state index in [0.29, 0.717) is 12.0 Å². The molecule has 0 aliphatic carbocycles. The number of benzene rings is 2. The minimum absolute atomic E-state index is 0.0539. The van der Waals surface area contributed by atoms with Crippen molar-refractivity contribution in [2.24, 2.45) is 16.6 Å². The van der Waals surface area contributed by atoms with Crippen molar-refractivity contribution >= 4 is 17.8 Å². The number of amides is 2. The Labute approximate surface area is 188 Å². The van der Waals surface area contributed by atoms with Crippen LogP contribution in [0.25, 0.3) is 0 Å². The normalized spacial score (nSPS) is 19.6. The lowest BCUT2D eigenvalue weighted by atomic mass is 9.80. The van der Waals surface area contributed by atoms with E-state index in [1.807, 2.05) is 58.0 Å². The van der Waals surface area contributed by atoms with Gasteiger partial charge in [-0.2, -0.15) is 0 Å². The second kappa shape index (κ2) is 9.51. The summed E-state index contributed by atoms with van der Waals surface area (Å²) in [5.74, 6) is -0.803. The summed E-state index contributed by atoms with van der Waals surface area (Å²) < 4.78 is 14.3. The zero-order valence-corrected chi connectivity index (χ0v) is 19.1. The first-order valence-electron chi connectivity index (χ1n) is 11.0. The Bertz CT molecular complexity index is 1020. The fourth-order valence-corrected chi connectivity index (χ4v) is 4.09. The number of carbonyl (C=O) groups is 2. The van der Waals surface area contributed by atoms with E-state index in [1.54, 1.807) is 6.07 Å². The summed E-state index contributed by atoms with van der Waals surface area (Å²) in [6.45, 7) is 7.96. The number of guanidine groups is 1. The van der Waals surface area contributed by atoms with Gasteiger partial charge >= 0.3 is 0 Å². The number of carbonyl (C=O) groups excluding carboxylic acids is 2. The van der Waals surface area contributed by atoms with Gasteiger partial charge in [0.05, 0.1) is 24.5 Å². The molecule has 1 heterocycles. The zero-order chi connectivity index (χ0) is 23.5. The van der Waals surface area contributed by atoms with Crippen LogP contribution in [0.2, 0.25) is 0 Å². The lowest BCUT2D eigenvalue weighted by Gasteiger charge is -2.39. The summed E-state index contributed by atoms with van der Waals surface area (Å²) in [5, 5.41) is 2.88. The van der Waals surface area contributed by atoms with Gasteiger partial charge in [-0.25, -0.2) is 9.38 Å². The van der Waals surface area contributed by atoms with Crippen molar-refractivity contribution in [1.82, 2.24) is 10.2 Å². The molecule has 2 aromatic carbocycles. The number of hydrogen-bond donors (Lipinski definition) is 2. The van der Waals surface area contributed by atoms with Crippen molar-refractivity contribution in [1.29, 1.82) is 0 Å². The fraction of sp³-hybridized carbons (Fsp3) is 0.400. The smallest absolute Gasteiger partial charge is 0.251 e. The summed E-state index contributed by atoms with van der Waals surface area (Å²) in [6, 6.07) is 13.4. The zero-order valence-electron chi connectivity index (χ0n) is 19.1. The van der Waals surface area contributed by atoms with Gasteiger partial charge in [0.15, 0.2) is 5.96 Å². The number of aliphatic imine (C=N–C) groups is 1. The highest BCUT2D eigenvalue weighted by Crippen LogP contribution is 2.34. The molecule has 3 rings (SSSR count). The van der Waals surface area contributed by atoms with Crippen molar-refractivity contribution in [2.75, 3.05) is 0 Å². The molecular weight excluding hydrogens is 407 g/mol. The third-order valence-corrected chi connectivity index (χ3v) is 6.27. The van der Waals surface area contributed by atoms with E-state index in [2.05, 4.69) is 10.3 Å². The molecule has 0 aromatic heterocycles. The Morgan fingerprint density at radius 2 is 1.91 bits per heavy atom. The maximum atomic E-state index is 14.3. The lowest BCUT2D eigenvalue weighted by molar-refractivity contribution is -0.130. The van der Waals surface area contributed by atoms with Gasteiger partial charge < -0.3 is 11.1 Å². The van der Waals surface area contributed by atoms with Crippen LogP contribution in [0.4, 0.5) is 4.39 Å². The van der Waals surface area contributed by atoms with Crippen molar-refractivity contribution in [3.8, 4) is 0 Å². The van der Waals surface area contributed by atoms with Crippen molar-refractivity contribution in [3.05, 3.63) is 71.0 Å². The number of rotatable bonds is 7. The average molecular weight is 439 g/mol. The molecule has 0 spiro atoms. The third kappa shape index (κ3) is 4.98. The number of nitrogens with zero attached hydrogens (tertiary/aromatic N) is 2. The minimum atomic E-state index is -0.551. The largest absolute Gasteiger partial charge is 0.369 e. The van der Waals surface area contributed by atoms with E-state index in [0.717, 1.165) is 5.56 Å². The topological polar surface area (TPSA) is 87.8 Å². The second-order valence-corrected chi connectivity index (χ2v) is 8.69. The molecular formula is C25H31FN4O2. The van der Waals surface area contributed by atoms with Crippen LogP contribution in [0.3, 0.4) is 0 Å². The monoisotopic (exact) mass is 438 g/mol. The van der Waals surface area contributed by atoms with Crippen LogP contribution >= 0.6 is 0 Å². The number of hydrogen-bond acceptors (Lipinski definition) is 4. The molecule has 0 unspecified atom stereocenters. The van der Waals surface area contributed by atoms with E-state index >= 15 is 0 Å².